The fourth-order valence-corrected chi connectivity index (χ4v) is 3.37. The smallest absolute Gasteiger partial charge is 0.243 e. The van der Waals surface area contributed by atoms with Crippen LogP contribution in [0.3, 0.4) is 0 Å². The largest absolute Gasteiger partial charge is 0.335 e. The molecule has 1 aromatic carbocycles. The Morgan fingerprint density at radius 2 is 2.04 bits per heavy atom. The molecule has 0 saturated carbocycles. The maximum absolute atomic E-state index is 12.6. The lowest BCUT2D eigenvalue weighted by Gasteiger charge is -2.17. The number of hydrogen-bond acceptors (Lipinski definition) is 5. The molecular weight excluding hydrogens is 382 g/mol. The zero-order valence-corrected chi connectivity index (χ0v) is 16.6. The molecule has 0 saturated heterocycles. The minimum atomic E-state index is -0.260. The monoisotopic (exact) mass is 401 g/mol. The van der Waals surface area contributed by atoms with Crippen molar-refractivity contribution in [1.29, 1.82) is 0 Å². The molecule has 7 nitrogen and oxygen atoms in total. The van der Waals surface area contributed by atoms with E-state index in [1.165, 1.54) is 16.2 Å². The first-order valence-corrected chi connectivity index (χ1v) is 9.52. The molecule has 3 rings (SSSR count). The number of aromatic nitrogens is 3. The number of H-pyrrole nitrogens is 1. The highest BCUT2D eigenvalue weighted by molar-refractivity contribution is 7.71. The van der Waals surface area contributed by atoms with Gasteiger partial charge in [-0.25, -0.2) is 0 Å². The first kappa shape index (κ1) is 19.0. The summed E-state index contributed by atoms with van der Waals surface area (Å²) in [5.41, 5.74) is 1.81. The quantitative estimate of drug-likeness (QED) is 0.622. The van der Waals surface area contributed by atoms with Crippen molar-refractivity contribution in [2.75, 3.05) is 18.9 Å². The number of amides is 2. The lowest BCUT2D eigenvalue weighted by Crippen LogP contribution is -2.37. The number of rotatable bonds is 6. The molecule has 0 bridgehead atoms. The molecule has 2 aromatic heterocycles. The van der Waals surface area contributed by atoms with Gasteiger partial charge in [0.15, 0.2) is 10.6 Å². The molecule has 140 valence electrons. The van der Waals surface area contributed by atoms with E-state index in [1.54, 1.807) is 11.6 Å². The van der Waals surface area contributed by atoms with Crippen LogP contribution in [-0.4, -0.2) is 45.1 Å². The Morgan fingerprint density at radius 3 is 2.70 bits per heavy atom. The fourth-order valence-electron chi connectivity index (χ4n) is 2.46. The summed E-state index contributed by atoms with van der Waals surface area (Å²) in [6.45, 7) is 1.94. The highest BCUT2D eigenvalue weighted by atomic mass is 32.1. The van der Waals surface area contributed by atoms with Crippen LogP contribution in [0.15, 0.2) is 41.8 Å². The number of benzene rings is 1. The van der Waals surface area contributed by atoms with Crippen molar-refractivity contribution >= 4 is 41.1 Å². The van der Waals surface area contributed by atoms with Crippen molar-refractivity contribution in [2.45, 2.75) is 13.5 Å². The molecule has 0 atom stereocenters. The molecule has 0 radical (unpaired) electrons. The van der Waals surface area contributed by atoms with Crippen molar-refractivity contribution in [3.05, 3.63) is 52.1 Å². The first-order valence-electron chi connectivity index (χ1n) is 8.23. The Labute approximate surface area is 165 Å². The topological polar surface area (TPSA) is 83.0 Å². The highest BCUT2D eigenvalue weighted by Crippen LogP contribution is 2.22. The van der Waals surface area contributed by atoms with Gasteiger partial charge in [0.05, 0.1) is 11.4 Å². The Morgan fingerprint density at radius 1 is 1.30 bits per heavy atom. The number of thiophene rings is 1. The summed E-state index contributed by atoms with van der Waals surface area (Å²) in [6.07, 6.45) is 0. The average Bonchev–Trinajstić information content (AvgIpc) is 3.27. The van der Waals surface area contributed by atoms with Crippen molar-refractivity contribution in [2.24, 2.45) is 0 Å². The second-order valence-corrected chi connectivity index (χ2v) is 7.41. The SMILES string of the molecule is Cc1ccc(NC(=O)CN(C)C(=O)Cn2c(-c3cccs3)n[nH]c2=S)cc1. The molecule has 0 aliphatic rings. The molecule has 2 heterocycles. The van der Waals surface area contributed by atoms with Crippen LogP contribution in [0.25, 0.3) is 10.7 Å². The van der Waals surface area contributed by atoms with Gasteiger partial charge in [0.2, 0.25) is 11.8 Å². The van der Waals surface area contributed by atoms with E-state index in [0.717, 1.165) is 10.4 Å². The fraction of sp³-hybridized carbons (Fsp3) is 0.222. The van der Waals surface area contributed by atoms with Crippen LogP contribution in [0.5, 0.6) is 0 Å². The molecule has 0 aliphatic carbocycles. The highest BCUT2D eigenvalue weighted by Gasteiger charge is 2.17. The van der Waals surface area contributed by atoms with E-state index in [4.69, 9.17) is 12.2 Å². The summed E-state index contributed by atoms with van der Waals surface area (Å²) >= 11 is 6.75. The zero-order valence-electron chi connectivity index (χ0n) is 14.9. The van der Waals surface area contributed by atoms with Gasteiger partial charge in [-0.15, -0.1) is 11.3 Å². The van der Waals surface area contributed by atoms with Gasteiger partial charge in [-0.05, 0) is 42.7 Å². The molecule has 27 heavy (non-hydrogen) atoms. The van der Waals surface area contributed by atoms with Gasteiger partial charge in [-0.1, -0.05) is 23.8 Å². The summed E-state index contributed by atoms with van der Waals surface area (Å²) in [6, 6.07) is 11.3. The van der Waals surface area contributed by atoms with E-state index in [0.29, 0.717) is 16.3 Å². The number of carbonyl (C=O) groups is 2. The Bertz CT molecular complexity index is 990. The van der Waals surface area contributed by atoms with Crippen LogP contribution in [0.4, 0.5) is 5.69 Å². The van der Waals surface area contributed by atoms with Crippen LogP contribution in [0, 0.1) is 11.7 Å². The van der Waals surface area contributed by atoms with Crippen molar-refractivity contribution in [3.8, 4) is 10.7 Å². The van der Waals surface area contributed by atoms with Crippen molar-refractivity contribution < 1.29 is 9.59 Å². The van der Waals surface area contributed by atoms with Crippen LogP contribution in [0.1, 0.15) is 5.56 Å². The van der Waals surface area contributed by atoms with E-state index in [9.17, 15) is 9.59 Å². The minimum absolute atomic E-state index is 0.0108. The molecule has 0 unspecified atom stereocenters. The normalized spacial score (nSPS) is 10.6. The van der Waals surface area contributed by atoms with Crippen LogP contribution in [-0.2, 0) is 16.1 Å². The second-order valence-electron chi connectivity index (χ2n) is 6.08. The van der Waals surface area contributed by atoms with Gasteiger partial charge in [-0.2, -0.15) is 5.10 Å². The molecule has 3 aromatic rings. The predicted molar refractivity (Wildman–Crippen MR) is 108 cm³/mol. The lowest BCUT2D eigenvalue weighted by atomic mass is 10.2. The summed E-state index contributed by atoms with van der Waals surface area (Å²) in [4.78, 5) is 27.0. The lowest BCUT2D eigenvalue weighted by molar-refractivity contribution is -0.133. The Hall–Kier alpha value is -2.78. The van der Waals surface area contributed by atoms with Crippen molar-refractivity contribution in [3.63, 3.8) is 0 Å². The van der Waals surface area contributed by atoms with E-state index >= 15 is 0 Å². The summed E-state index contributed by atoms with van der Waals surface area (Å²) in [5, 5.41) is 11.6. The third kappa shape index (κ3) is 4.69. The number of nitrogens with zero attached hydrogens (tertiary/aromatic N) is 3. The Kier molecular flexibility index (Phi) is 5.82. The Balaban J connectivity index is 1.63. The first-order chi connectivity index (χ1) is 12.9. The second kappa shape index (κ2) is 8.28. The maximum atomic E-state index is 12.6. The molecule has 2 N–H and O–H groups in total. The summed E-state index contributed by atoms with van der Waals surface area (Å²) < 4.78 is 2.00. The molecule has 2 amide bonds. The molecular formula is C18H19N5O2S2. The van der Waals surface area contributed by atoms with E-state index in [2.05, 4.69) is 15.5 Å². The van der Waals surface area contributed by atoms with Crippen LogP contribution in [0.2, 0.25) is 0 Å². The predicted octanol–water partition coefficient (Wildman–Crippen LogP) is 3.07. The van der Waals surface area contributed by atoms with E-state index in [1.807, 2.05) is 48.7 Å². The van der Waals surface area contributed by atoms with Crippen LogP contribution >= 0.6 is 23.6 Å². The standard InChI is InChI=1S/C18H19N5O2S2/c1-12-5-7-13(8-6-12)19-15(24)10-22(2)16(25)11-23-17(20-21-18(23)26)14-4-3-9-27-14/h3-9H,10-11H2,1-2H3,(H,19,24)(H,21,26). The third-order valence-corrected chi connectivity index (χ3v) is 5.11. The third-order valence-electron chi connectivity index (χ3n) is 3.94. The number of carbonyl (C=O) groups excluding carboxylic acids is 2. The minimum Gasteiger partial charge on any atom is -0.335 e. The van der Waals surface area contributed by atoms with Gasteiger partial charge in [0.1, 0.15) is 6.54 Å². The number of nitrogens with one attached hydrogen (secondary N) is 2. The summed E-state index contributed by atoms with van der Waals surface area (Å²) in [7, 11) is 1.59. The molecule has 0 fully saturated rings. The molecule has 0 spiro atoms. The number of anilines is 1. The van der Waals surface area contributed by atoms with Gasteiger partial charge in [0.25, 0.3) is 0 Å². The maximum Gasteiger partial charge on any atom is 0.243 e. The van der Waals surface area contributed by atoms with Gasteiger partial charge in [0, 0.05) is 12.7 Å². The van der Waals surface area contributed by atoms with Crippen LogP contribution < -0.4 is 5.32 Å². The van der Waals surface area contributed by atoms with Gasteiger partial charge in [-0.3, -0.25) is 19.3 Å². The molecule has 9 heteroatoms. The number of hydrogen-bond donors (Lipinski definition) is 2. The van der Waals surface area contributed by atoms with E-state index < -0.39 is 0 Å². The van der Waals surface area contributed by atoms with E-state index in [-0.39, 0.29) is 24.9 Å². The van der Waals surface area contributed by atoms with Crippen molar-refractivity contribution in [1.82, 2.24) is 19.7 Å². The number of aryl methyl sites for hydroxylation is 1. The number of aromatic amines is 1. The van der Waals surface area contributed by atoms with Gasteiger partial charge < -0.3 is 10.2 Å². The number of likely N-dealkylation sites (N-methyl/N-ethyl adjacent to an activating group) is 1. The zero-order chi connectivity index (χ0) is 19.4. The summed E-state index contributed by atoms with van der Waals surface area (Å²) in [5.74, 6) is 0.120. The van der Waals surface area contributed by atoms with Gasteiger partial charge >= 0.3 is 0 Å². The average molecular weight is 402 g/mol. The molecule has 0 aliphatic heterocycles.